The van der Waals surface area contributed by atoms with Crippen molar-refractivity contribution in [2.24, 2.45) is 0 Å². The van der Waals surface area contributed by atoms with Gasteiger partial charge in [0.15, 0.2) is 17.5 Å². The zero-order chi connectivity index (χ0) is 15.5. The zero-order valence-electron chi connectivity index (χ0n) is 13.1. The van der Waals surface area contributed by atoms with Crippen LogP contribution in [0.1, 0.15) is 58.8 Å². The number of ether oxygens (including phenoxy) is 1. The molecule has 1 N–H and O–H groups in total. The molecule has 1 rings (SSSR count). The smallest absolute Gasteiger partial charge is 0.252 e. The van der Waals surface area contributed by atoms with Gasteiger partial charge in [-0.1, -0.05) is 46.0 Å². The minimum absolute atomic E-state index is 0.0520. The maximum absolute atomic E-state index is 13.6. The van der Waals surface area contributed by atoms with Gasteiger partial charge in [0.2, 0.25) is 0 Å². The van der Waals surface area contributed by atoms with Crippen LogP contribution in [0.5, 0.6) is 5.88 Å². The largest absolute Gasteiger partial charge is 0.476 e. The second-order valence-corrected chi connectivity index (χ2v) is 5.15. The summed E-state index contributed by atoms with van der Waals surface area (Å²) in [7, 11) is 0. The number of nitrogens with one attached hydrogen (secondary N) is 1. The van der Waals surface area contributed by atoms with E-state index in [9.17, 15) is 8.78 Å². The van der Waals surface area contributed by atoms with Crippen LogP contribution in [0.15, 0.2) is 6.07 Å². The average molecular weight is 300 g/mol. The summed E-state index contributed by atoms with van der Waals surface area (Å²) in [6, 6.07) is 0.821. The summed E-state index contributed by atoms with van der Waals surface area (Å²) in [5.74, 6) is -1.51. The van der Waals surface area contributed by atoms with E-state index < -0.39 is 11.6 Å². The van der Waals surface area contributed by atoms with Gasteiger partial charge in [0, 0.05) is 12.6 Å². The molecular formula is C16H26F2N2O. The molecule has 5 heteroatoms. The lowest BCUT2D eigenvalue weighted by Gasteiger charge is -2.10. The number of aromatic nitrogens is 1. The number of hydrogen-bond acceptors (Lipinski definition) is 3. The van der Waals surface area contributed by atoms with Gasteiger partial charge < -0.3 is 10.1 Å². The molecule has 0 fully saturated rings. The van der Waals surface area contributed by atoms with E-state index in [2.05, 4.69) is 17.2 Å². The molecular weight excluding hydrogens is 274 g/mol. The fourth-order valence-electron chi connectivity index (χ4n) is 1.97. The standard InChI is InChI=1S/C16H26F2N2O/c1-3-5-6-7-8-9-11-21-16-14(18)12-13(17)15(20-16)19-10-4-2/h12H,3-11H2,1-2H3,(H,19,20). The highest BCUT2D eigenvalue weighted by Gasteiger charge is 2.12. The van der Waals surface area contributed by atoms with Gasteiger partial charge in [-0.3, -0.25) is 0 Å². The number of anilines is 1. The van der Waals surface area contributed by atoms with E-state index in [1.165, 1.54) is 25.7 Å². The van der Waals surface area contributed by atoms with Crippen LogP contribution in [0.4, 0.5) is 14.6 Å². The molecule has 0 saturated carbocycles. The van der Waals surface area contributed by atoms with Crippen molar-refractivity contribution in [1.82, 2.24) is 4.98 Å². The minimum atomic E-state index is -0.750. The maximum atomic E-state index is 13.6. The lowest BCUT2D eigenvalue weighted by atomic mass is 10.1. The van der Waals surface area contributed by atoms with E-state index in [-0.39, 0.29) is 11.7 Å². The topological polar surface area (TPSA) is 34.1 Å². The SMILES string of the molecule is CCCCCCCCOc1nc(NCCC)c(F)cc1F. The van der Waals surface area contributed by atoms with Crippen molar-refractivity contribution in [3.05, 3.63) is 17.7 Å². The molecule has 1 heterocycles. The second kappa shape index (κ2) is 10.4. The van der Waals surface area contributed by atoms with Crippen LogP contribution in [0.3, 0.4) is 0 Å². The summed E-state index contributed by atoms with van der Waals surface area (Å²) in [5, 5.41) is 2.82. The third-order valence-corrected chi connectivity index (χ3v) is 3.18. The Bertz CT molecular complexity index is 414. The zero-order valence-corrected chi connectivity index (χ0v) is 13.1. The van der Waals surface area contributed by atoms with Crippen molar-refractivity contribution in [2.45, 2.75) is 58.8 Å². The molecule has 0 aliphatic rings. The van der Waals surface area contributed by atoms with Gasteiger partial charge in [0.1, 0.15) is 0 Å². The molecule has 0 atom stereocenters. The predicted octanol–water partition coefficient (Wildman–Crippen LogP) is 4.92. The highest BCUT2D eigenvalue weighted by Crippen LogP contribution is 2.21. The predicted molar refractivity (Wildman–Crippen MR) is 81.8 cm³/mol. The lowest BCUT2D eigenvalue weighted by Crippen LogP contribution is -2.08. The molecule has 120 valence electrons. The number of pyridine rings is 1. The first kappa shape index (κ1) is 17.7. The van der Waals surface area contributed by atoms with Gasteiger partial charge in [0.05, 0.1) is 6.61 Å². The van der Waals surface area contributed by atoms with Crippen molar-refractivity contribution in [2.75, 3.05) is 18.5 Å². The van der Waals surface area contributed by atoms with Gasteiger partial charge >= 0.3 is 0 Å². The van der Waals surface area contributed by atoms with E-state index in [1.807, 2.05) is 6.92 Å². The first-order valence-electron chi connectivity index (χ1n) is 7.91. The first-order chi connectivity index (χ1) is 10.2. The summed E-state index contributed by atoms with van der Waals surface area (Å²) in [5.41, 5.74) is 0. The second-order valence-electron chi connectivity index (χ2n) is 5.15. The van der Waals surface area contributed by atoms with Gasteiger partial charge in [-0.2, -0.15) is 4.98 Å². The fraction of sp³-hybridized carbons (Fsp3) is 0.688. The Morgan fingerprint density at radius 1 is 1.00 bits per heavy atom. The summed E-state index contributed by atoms with van der Waals surface area (Å²) in [6.45, 7) is 5.14. The van der Waals surface area contributed by atoms with Crippen LogP contribution in [0.2, 0.25) is 0 Å². The minimum Gasteiger partial charge on any atom is -0.476 e. The van der Waals surface area contributed by atoms with Crippen LogP contribution in [0, 0.1) is 11.6 Å². The molecule has 1 aromatic rings. The molecule has 0 saturated heterocycles. The fourth-order valence-corrected chi connectivity index (χ4v) is 1.97. The molecule has 0 spiro atoms. The summed E-state index contributed by atoms with van der Waals surface area (Å²) >= 11 is 0. The van der Waals surface area contributed by atoms with Crippen LogP contribution in [-0.4, -0.2) is 18.1 Å². The van der Waals surface area contributed by atoms with Crippen molar-refractivity contribution < 1.29 is 13.5 Å². The van der Waals surface area contributed by atoms with Gasteiger partial charge in [-0.15, -0.1) is 0 Å². The van der Waals surface area contributed by atoms with E-state index in [1.54, 1.807) is 0 Å². The van der Waals surface area contributed by atoms with Gasteiger partial charge in [-0.05, 0) is 12.8 Å². The molecule has 0 bridgehead atoms. The summed E-state index contributed by atoms with van der Waals surface area (Å²) in [6.07, 6.45) is 7.62. The Labute approximate surface area is 126 Å². The highest BCUT2D eigenvalue weighted by molar-refractivity contribution is 5.39. The van der Waals surface area contributed by atoms with Crippen LogP contribution >= 0.6 is 0 Å². The van der Waals surface area contributed by atoms with Gasteiger partial charge in [0.25, 0.3) is 5.88 Å². The number of unbranched alkanes of at least 4 members (excludes halogenated alkanes) is 5. The maximum Gasteiger partial charge on any atom is 0.252 e. The molecule has 3 nitrogen and oxygen atoms in total. The molecule has 0 radical (unpaired) electrons. The summed E-state index contributed by atoms with van der Waals surface area (Å²) in [4.78, 5) is 3.87. The summed E-state index contributed by atoms with van der Waals surface area (Å²) < 4.78 is 32.4. The Morgan fingerprint density at radius 2 is 1.71 bits per heavy atom. The lowest BCUT2D eigenvalue weighted by molar-refractivity contribution is 0.277. The molecule has 0 aliphatic carbocycles. The molecule has 21 heavy (non-hydrogen) atoms. The first-order valence-corrected chi connectivity index (χ1v) is 7.91. The van der Waals surface area contributed by atoms with E-state index in [0.717, 1.165) is 25.3 Å². The molecule has 0 unspecified atom stereocenters. The molecule has 1 aromatic heterocycles. The van der Waals surface area contributed by atoms with Crippen molar-refractivity contribution in [3.8, 4) is 5.88 Å². The quantitative estimate of drug-likeness (QED) is 0.589. The third-order valence-electron chi connectivity index (χ3n) is 3.18. The third kappa shape index (κ3) is 6.74. The Morgan fingerprint density at radius 3 is 2.43 bits per heavy atom. The van der Waals surface area contributed by atoms with Gasteiger partial charge in [-0.25, -0.2) is 8.78 Å². The van der Waals surface area contributed by atoms with E-state index in [0.29, 0.717) is 13.2 Å². The van der Waals surface area contributed by atoms with Crippen molar-refractivity contribution >= 4 is 5.82 Å². The van der Waals surface area contributed by atoms with Crippen molar-refractivity contribution in [1.29, 1.82) is 0 Å². The number of halogens is 2. The number of nitrogens with zero attached hydrogens (tertiary/aromatic N) is 1. The average Bonchev–Trinajstić information content (AvgIpc) is 2.47. The Hall–Kier alpha value is -1.39. The molecule has 0 aliphatic heterocycles. The monoisotopic (exact) mass is 300 g/mol. The van der Waals surface area contributed by atoms with Crippen LogP contribution in [0.25, 0.3) is 0 Å². The van der Waals surface area contributed by atoms with E-state index >= 15 is 0 Å². The van der Waals surface area contributed by atoms with Crippen LogP contribution < -0.4 is 10.1 Å². The Balaban J connectivity index is 2.39. The highest BCUT2D eigenvalue weighted by atomic mass is 19.1. The molecule has 0 amide bonds. The van der Waals surface area contributed by atoms with E-state index in [4.69, 9.17) is 4.74 Å². The Kier molecular flexibility index (Phi) is 8.71. The van der Waals surface area contributed by atoms with Crippen molar-refractivity contribution in [3.63, 3.8) is 0 Å². The number of rotatable bonds is 11. The normalized spacial score (nSPS) is 10.7. The van der Waals surface area contributed by atoms with Crippen LogP contribution in [-0.2, 0) is 0 Å². The number of hydrogen-bond donors (Lipinski definition) is 1. The molecule has 0 aromatic carbocycles.